The number of nitrogens with two attached hydrogens (primary N) is 1. The zero-order valence-electron chi connectivity index (χ0n) is 12.2. The van der Waals surface area contributed by atoms with Crippen molar-refractivity contribution in [3.05, 3.63) is 64.2 Å². The van der Waals surface area contributed by atoms with Gasteiger partial charge in [0.25, 0.3) is 5.95 Å². The van der Waals surface area contributed by atoms with Gasteiger partial charge in [0.1, 0.15) is 11.6 Å². The molecule has 23 heavy (non-hydrogen) atoms. The van der Waals surface area contributed by atoms with Crippen molar-refractivity contribution in [2.45, 2.75) is 0 Å². The fourth-order valence-corrected chi connectivity index (χ4v) is 2.23. The van der Waals surface area contributed by atoms with Crippen molar-refractivity contribution in [3.63, 3.8) is 0 Å². The van der Waals surface area contributed by atoms with Crippen LogP contribution in [0, 0.1) is 0 Å². The second kappa shape index (κ2) is 6.15. The lowest BCUT2D eigenvalue weighted by atomic mass is 10.2. The van der Waals surface area contributed by atoms with Crippen molar-refractivity contribution in [2.24, 2.45) is 12.9 Å². The van der Waals surface area contributed by atoms with Crippen LogP contribution in [0.25, 0.3) is 11.4 Å². The summed E-state index contributed by atoms with van der Waals surface area (Å²) >= 11 is 6.01. The van der Waals surface area contributed by atoms with E-state index in [1.165, 1.54) is 4.57 Å². The van der Waals surface area contributed by atoms with E-state index in [0.29, 0.717) is 22.2 Å². The molecule has 2 aromatic heterocycles. The predicted octanol–water partition coefficient (Wildman–Crippen LogP) is 1.90. The van der Waals surface area contributed by atoms with E-state index in [9.17, 15) is 4.79 Å². The highest BCUT2D eigenvalue weighted by molar-refractivity contribution is 6.30. The van der Waals surface area contributed by atoms with Crippen LogP contribution in [0.15, 0.2) is 53.5 Å². The highest BCUT2D eigenvalue weighted by atomic mass is 35.5. The average molecular weight is 329 g/mol. The van der Waals surface area contributed by atoms with Gasteiger partial charge in [0, 0.05) is 23.8 Å². The Balaban J connectivity index is 2.12. The Morgan fingerprint density at radius 2 is 2.00 bits per heavy atom. The summed E-state index contributed by atoms with van der Waals surface area (Å²) in [5, 5.41) is 1.71. The molecule has 1 aromatic carbocycles. The number of rotatable bonds is 3. The van der Waals surface area contributed by atoms with Crippen LogP contribution in [0.3, 0.4) is 0 Å². The van der Waals surface area contributed by atoms with Gasteiger partial charge >= 0.3 is 5.69 Å². The first-order valence-electron chi connectivity index (χ1n) is 6.73. The van der Waals surface area contributed by atoms with E-state index in [0.717, 1.165) is 5.01 Å². The maximum absolute atomic E-state index is 12.1. The zero-order valence-corrected chi connectivity index (χ0v) is 13.0. The summed E-state index contributed by atoms with van der Waals surface area (Å²) in [4.78, 5) is 24.5. The summed E-state index contributed by atoms with van der Waals surface area (Å²) < 4.78 is 1.33. The summed E-state index contributed by atoms with van der Waals surface area (Å²) in [6, 6.07) is 12.3. The van der Waals surface area contributed by atoms with Crippen LogP contribution in [0.4, 0.5) is 11.8 Å². The molecule has 0 amide bonds. The lowest BCUT2D eigenvalue weighted by molar-refractivity contribution is 0.770. The van der Waals surface area contributed by atoms with Crippen molar-refractivity contribution in [1.82, 2.24) is 19.5 Å². The minimum absolute atomic E-state index is 0.0572. The number of anilines is 2. The molecule has 0 saturated carbocycles. The fourth-order valence-electron chi connectivity index (χ4n) is 2.04. The Morgan fingerprint density at radius 3 is 2.70 bits per heavy atom. The van der Waals surface area contributed by atoms with Gasteiger partial charge in [-0.3, -0.25) is 4.57 Å². The van der Waals surface area contributed by atoms with E-state index < -0.39 is 5.69 Å². The van der Waals surface area contributed by atoms with Gasteiger partial charge in [-0.25, -0.2) is 20.6 Å². The van der Waals surface area contributed by atoms with Crippen molar-refractivity contribution in [3.8, 4) is 11.4 Å². The first-order valence-corrected chi connectivity index (χ1v) is 7.11. The summed E-state index contributed by atoms with van der Waals surface area (Å²) in [5.41, 5.74) is 0.214. The summed E-state index contributed by atoms with van der Waals surface area (Å²) in [6.07, 6.45) is 1.59. The molecule has 0 saturated heterocycles. The van der Waals surface area contributed by atoms with Crippen molar-refractivity contribution in [1.29, 1.82) is 0 Å². The maximum atomic E-state index is 12.1. The van der Waals surface area contributed by atoms with Gasteiger partial charge in [0.05, 0.1) is 0 Å². The van der Waals surface area contributed by atoms with Gasteiger partial charge in [-0.2, -0.15) is 9.97 Å². The number of pyridine rings is 1. The van der Waals surface area contributed by atoms with Gasteiger partial charge in [0.15, 0.2) is 0 Å². The van der Waals surface area contributed by atoms with E-state index in [1.54, 1.807) is 55.7 Å². The van der Waals surface area contributed by atoms with Gasteiger partial charge in [-0.1, -0.05) is 29.8 Å². The van der Waals surface area contributed by atoms with Gasteiger partial charge < -0.3 is 0 Å². The molecule has 0 atom stereocenters. The first kappa shape index (κ1) is 15.1. The molecule has 0 fully saturated rings. The van der Waals surface area contributed by atoms with Crippen molar-refractivity contribution in [2.75, 3.05) is 5.01 Å². The molecule has 8 heteroatoms. The standard InChI is InChI=1S/C15H13ClN6O/c1-21-13(10-5-4-6-11(16)9-10)19-14(20-15(21)23)22(17)12-7-2-3-8-18-12/h2-9H,17H2,1H3. The zero-order chi connectivity index (χ0) is 16.4. The third-order valence-corrected chi connectivity index (χ3v) is 3.44. The number of benzene rings is 1. The fraction of sp³-hybridized carbons (Fsp3) is 0.0667. The monoisotopic (exact) mass is 328 g/mol. The average Bonchev–Trinajstić information content (AvgIpc) is 2.57. The summed E-state index contributed by atoms with van der Waals surface area (Å²) in [7, 11) is 1.59. The summed E-state index contributed by atoms with van der Waals surface area (Å²) in [6.45, 7) is 0. The lowest BCUT2D eigenvalue weighted by Gasteiger charge is -2.16. The molecule has 0 unspecified atom stereocenters. The van der Waals surface area contributed by atoms with E-state index in [4.69, 9.17) is 17.4 Å². The van der Waals surface area contributed by atoms with Crippen LogP contribution in [0.1, 0.15) is 0 Å². The molecular formula is C15H13ClN6O. The van der Waals surface area contributed by atoms with Crippen LogP contribution in [0.5, 0.6) is 0 Å². The number of hydrazine groups is 1. The predicted molar refractivity (Wildman–Crippen MR) is 88.3 cm³/mol. The molecule has 0 spiro atoms. The second-order valence-electron chi connectivity index (χ2n) is 4.76. The highest BCUT2D eigenvalue weighted by Gasteiger charge is 2.15. The minimum Gasteiger partial charge on any atom is -0.279 e. The molecule has 0 aliphatic rings. The van der Waals surface area contributed by atoms with Crippen LogP contribution in [-0.4, -0.2) is 19.5 Å². The van der Waals surface area contributed by atoms with Crippen LogP contribution in [-0.2, 0) is 7.05 Å². The molecule has 2 heterocycles. The van der Waals surface area contributed by atoms with Crippen molar-refractivity contribution >= 4 is 23.4 Å². The maximum Gasteiger partial charge on any atom is 0.352 e. The summed E-state index contributed by atoms with van der Waals surface area (Å²) in [5.74, 6) is 6.88. The second-order valence-corrected chi connectivity index (χ2v) is 5.19. The molecule has 0 bridgehead atoms. The van der Waals surface area contributed by atoms with Gasteiger partial charge in [-0.05, 0) is 24.3 Å². The molecule has 116 valence electrons. The largest absolute Gasteiger partial charge is 0.352 e. The molecule has 0 radical (unpaired) electrons. The van der Waals surface area contributed by atoms with E-state index in [2.05, 4.69) is 15.0 Å². The third-order valence-electron chi connectivity index (χ3n) is 3.20. The van der Waals surface area contributed by atoms with E-state index in [-0.39, 0.29) is 5.95 Å². The SMILES string of the molecule is Cn1c(-c2cccc(Cl)c2)nc(N(N)c2ccccn2)nc1=O. The van der Waals surface area contributed by atoms with Gasteiger partial charge in [-0.15, -0.1) is 0 Å². The van der Waals surface area contributed by atoms with Crippen LogP contribution < -0.4 is 16.5 Å². The Morgan fingerprint density at radius 1 is 1.17 bits per heavy atom. The highest BCUT2D eigenvalue weighted by Crippen LogP contribution is 2.22. The third kappa shape index (κ3) is 3.05. The molecule has 3 rings (SSSR count). The molecule has 3 aromatic rings. The number of hydrogen-bond acceptors (Lipinski definition) is 6. The molecule has 2 N–H and O–H groups in total. The number of halogens is 1. The molecular weight excluding hydrogens is 316 g/mol. The van der Waals surface area contributed by atoms with E-state index in [1.807, 2.05) is 0 Å². The smallest absolute Gasteiger partial charge is 0.279 e. The van der Waals surface area contributed by atoms with E-state index >= 15 is 0 Å². The normalized spacial score (nSPS) is 10.6. The lowest BCUT2D eigenvalue weighted by Crippen LogP contribution is -2.33. The topological polar surface area (TPSA) is 89.9 Å². The van der Waals surface area contributed by atoms with Crippen LogP contribution >= 0.6 is 11.6 Å². The number of aromatic nitrogens is 4. The quantitative estimate of drug-likeness (QED) is 0.583. The Hall–Kier alpha value is -2.77. The Labute approximate surface area is 137 Å². The Bertz CT molecular complexity index is 896. The van der Waals surface area contributed by atoms with Crippen LogP contribution in [0.2, 0.25) is 5.02 Å². The molecule has 7 nitrogen and oxygen atoms in total. The Kier molecular flexibility index (Phi) is 4.05. The molecule has 0 aliphatic heterocycles. The number of hydrogen-bond donors (Lipinski definition) is 1. The van der Waals surface area contributed by atoms with Gasteiger partial charge in [0.2, 0.25) is 0 Å². The molecule has 0 aliphatic carbocycles. The van der Waals surface area contributed by atoms with Crippen molar-refractivity contribution < 1.29 is 0 Å². The first-order chi connectivity index (χ1) is 11.1. The minimum atomic E-state index is -0.476. The number of nitrogens with zero attached hydrogens (tertiary/aromatic N) is 5.